The van der Waals surface area contributed by atoms with Crippen molar-refractivity contribution in [3.63, 3.8) is 0 Å². The minimum absolute atomic E-state index is 0.328. The fraction of sp³-hybridized carbons (Fsp3) is 0.625. The molecule has 1 aliphatic heterocycles. The normalized spacial score (nSPS) is 16.8. The molecule has 166 valence electrons. The first kappa shape index (κ1) is 22.8. The van der Waals surface area contributed by atoms with Crippen molar-refractivity contribution in [2.45, 2.75) is 65.1 Å². The lowest BCUT2D eigenvalue weighted by molar-refractivity contribution is 0.0113. The molecule has 1 aromatic carbocycles. The Bertz CT molecular complexity index is 743. The lowest BCUT2D eigenvalue weighted by atomic mass is 10.0. The van der Waals surface area contributed by atoms with Gasteiger partial charge >= 0.3 is 0 Å². The van der Waals surface area contributed by atoms with Gasteiger partial charge in [-0.3, -0.25) is 4.90 Å². The van der Waals surface area contributed by atoms with Gasteiger partial charge in [0.15, 0.2) is 0 Å². The summed E-state index contributed by atoms with van der Waals surface area (Å²) in [5.74, 6) is 0.890. The van der Waals surface area contributed by atoms with Gasteiger partial charge in [0.1, 0.15) is 5.69 Å². The molecule has 2 heterocycles. The van der Waals surface area contributed by atoms with Crippen LogP contribution in [0.5, 0.6) is 0 Å². The van der Waals surface area contributed by atoms with Crippen LogP contribution >= 0.6 is 0 Å². The average molecular weight is 416 g/mol. The van der Waals surface area contributed by atoms with Crippen molar-refractivity contribution in [2.75, 3.05) is 37.7 Å². The number of ether oxygens (including phenoxy) is 1. The standard InChI is InChI=1S/C24H37N3O3/c1-4-19(3)27(16-21(28)18-29-5-2)17-22-23(20-12-8-6-9-13-20)25-30-24(22)26-14-10-7-11-15-26/h6,8-9,12-13,19,21,28H,4-5,7,10-11,14-18H2,1-3H3. The second kappa shape index (κ2) is 11.5. The molecule has 30 heavy (non-hydrogen) atoms. The third kappa shape index (κ3) is 5.84. The molecule has 2 aromatic rings. The van der Waals surface area contributed by atoms with E-state index in [1.54, 1.807) is 0 Å². The Kier molecular flexibility index (Phi) is 8.73. The van der Waals surface area contributed by atoms with Gasteiger partial charge in [0.05, 0.1) is 18.3 Å². The Morgan fingerprint density at radius 1 is 1.17 bits per heavy atom. The van der Waals surface area contributed by atoms with Gasteiger partial charge in [0, 0.05) is 44.4 Å². The Hall–Kier alpha value is -1.89. The Labute approximate surface area is 180 Å². The summed E-state index contributed by atoms with van der Waals surface area (Å²) in [7, 11) is 0. The number of aliphatic hydroxyl groups excluding tert-OH is 1. The number of anilines is 1. The quantitative estimate of drug-likeness (QED) is 0.589. The molecule has 6 nitrogen and oxygen atoms in total. The van der Waals surface area contributed by atoms with Gasteiger partial charge in [-0.2, -0.15) is 0 Å². The highest BCUT2D eigenvalue weighted by atomic mass is 16.5. The third-order valence-electron chi connectivity index (χ3n) is 5.99. The molecule has 1 aliphatic rings. The molecule has 2 unspecified atom stereocenters. The molecule has 0 saturated carbocycles. The fourth-order valence-electron chi connectivity index (χ4n) is 4.05. The van der Waals surface area contributed by atoms with Crippen molar-refractivity contribution >= 4 is 5.88 Å². The van der Waals surface area contributed by atoms with Gasteiger partial charge in [-0.25, -0.2) is 0 Å². The zero-order valence-electron chi connectivity index (χ0n) is 18.7. The highest BCUT2D eigenvalue weighted by Crippen LogP contribution is 2.34. The summed E-state index contributed by atoms with van der Waals surface area (Å²) in [5.41, 5.74) is 3.09. The first-order valence-electron chi connectivity index (χ1n) is 11.4. The van der Waals surface area contributed by atoms with Crippen LogP contribution in [0, 0.1) is 0 Å². The Morgan fingerprint density at radius 2 is 1.90 bits per heavy atom. The number of hydrogen-bond acceptors (Lipinski definition) is 6. The van der Waals surface area contributed by atoms with Gasteiger partial charge in [0.2, 0.25) is 5.88 Å². The summed E-state index contributed by atoms with van der Waals surface area (Å²) in [6.45, 7) is 10.6. The maximum Gasteiger partial charge on any atom is 0.232 e. The minimum Gasteiger partial charge on any atom is -0.389 e. The van der Waals surface area contributed by atoms with E-state index in [0.717, 1.165) is 42.2 Å². The number of piperidine rings is 1. The van der Waals surface area contributed by atoms with E-state index in [9.17, 15) is 5.11 Å². The first-order chi connectivity index (χ1) is 14.6. The van der Waals surface area contributed by atoms with Crippen molar-refractivity contribution in [1.29, 1.82) is 0 Å². The van der Waals surface area contributed by atoms with Crippen LogP contribution in [0.4, 0.5) is 5.88 Å². The maximum atomic E-state index is 10.5. The highest BCUT2D eigenvalue weighted by Gasteiger charge is 2.27. The molecule has 1 N–H and O–H groups in total. The summed E-state index contributed by atoms with van der Waals surface area (Å²) >= 11 is 0. The summed E-state index contributed by atoms with van der Waals surface area (Å²) in [5, 5.41) is 15.0. The van der Waals surface area contributed by atoms with E-state index in [1.165, 1.54) is 19.3 Å². The predicted molar refractivity (Wildman–Crippen MR) is 121 cm³/mol. The molecular weight excluding hydrogens is 378 g/mol. The van der Waals surface area contributed by atoms with E-state index < -0.39 is 6.10 Å². The van der Waals surface area contributed by atoms with E-state index in [2.05, 4.69) is 40.9 Å². The molecular formula is C24H37N3O3. The summed E-state index contributed by atoms with van der Waals surface area (Å²) in [4.78, 5) is 4.67. The van der Waals surface area contributed by atoms with Gasteiger partial charge < -0.3 is 19.3 Å². The Morgan fingerprint density at radius 3 is 2.57 bits per heavy atom. The lowest BCUT2D eigenvalue weighted by Crippen LogP contribution is -2.40. The van der Waals surface area contributed by atoms with E-state index in [-0.39, 0.29) is 0 Å². The summed E-state index contributed by atoms with van der Waals surface area (Å²) in [6.07, 6.45) is 4.13. The molecule has 1 saturated heterocycles. The van der Waals surface area contributed by atoms with Gasteiger partial charge in [-0.1, -0.05) is 42.4 Å². The highest BCUT2D eigenvalue weighted by molar-refractivity contribution is 5.68. The smallest absolute Gasteiger partial charge is 0.232 e. The van der Waals surface area contributed by atoms with Crippen LogP contribution in [0.1, 0.15) is 52.0 Å². The number of aromatic nitrogens is 1. The molecule has 6 heteroatoms. The molecule has 1 aromatic heterocycles. The van der Waals surface area contributed by atoms with Crippen molar-refractivity contribution in [3.05, 3.63) is 35.9 Å². The van der Waals surface area contributed by atoms with Crippen molar-refractivity contribution in [3.8, 4) is 11.3 Å². The monoisotopic (exact) mass is 415 g/mol. The van der Waals surface area contributed by atoms with E-state index in [1.807, 2.05) is 25.1 Å². The zero-order chi connectivity index (χ0) is 21.3. The van der Waals surface area contributed by atoms with Crippen LogP contribution in [-0.2, 0) is 11.3 Å². The lowest BCUT2D eigenvalue weighted by Gasteiger charge is -2.32. The van der Waals surface area contributed by atoms with E-state index >= 15 is 0 Å². The van der Waals surface area contributed by atoms with Crippen LogP contribution < -0.4 is 4.90 Å². The maximum absolute atomic E-state index is 10.5. The van der Waals surface area contributed by atoms with Gasteiger partial charge in [-0.15, -0.1) is 0 Å². The molecule has 1 fully saturated rings. The molecule has 0 spiro atoms. The average Bonchev–Trinajstić information content (AvgIpc) is 3.21. The molecule has 0 radical (unpaired) electrons. The van der Waals surface area contributed by atoms with Crippen LogP contribution in [0.15, 0.2) is 34.9 Å². The van der Waals surface area contributed by atoms with E-state index in [0.29, 0.717) is 32.3 Å². The van der Waals surface area contributed by atoms with Crippen molar-refractivity contribution in [1.82, 2.24) is 10.1 Å². The minimum atomic E-state index is -0.516. The largest absolute Gasteiger partial charge is 0.389 e. The van der Waals surface area contributed by atoms with Crippen molar-refractivity contribution < 1.29 is 14.4 Å². The van der Waals surface area contributed by atoms with E-state index in [4.69, 9.17) is 9.26 Å². The molecule has 0 amide bonds. The summed E-state index contributed by atoms with van der Waals surface area (Å²) < 4.78 is 11.4. The molecule has 0 bridgehead atoms. The van der Waals surface area contributed by atoms with Gasteiger partial charge in [0.25, 0.3) is 0 Å². The van der Waals surface area contributed by atoms with Crippen LogP contribution in [0.2, 0.25) is 0 Å². The number of nitrogens with zero attached hydrogens (tertiary/aromatic N) is 3. The topological polar surface area (TPSA) is 62.0 Å². The van der Waals surface area contributed by atoms with Gasteiger partial charge in [-0.05, 0) is 39.5 Å². The number of benzene rings is 1. The molecule has 3 rings (SSSR count). The van der Waals surface area contributed by atoms with Crippen molar-refractivity contribution in [2.24, 2.45) is 0 Å². The van der Waals surface area contributed by atoms with Crippen LogP contribution in [-0.4, -0.2) is 60.2 Å². The molecule has 2 atom stereocenters. The number of rotatable bonds is 11. The SMILES string of the molecule is CCOCC(O)CN(Cc1c(-c2ccccc2)noc1N1CCCCC1)C(C)CC. The first-order valence-corrected chi connectivity index (χ1v) is 11.4. The summed E-state index contributed by atoms with van der Waals surface area (Å²) in [6, 6.07) is 10.6. The fourth-order valence-corrected chi connectivity index (χ4v) is 4.05. The van der Waals surface area contributed by atoms with Crippen LogP contribution in [0.3, 0.4) is 0 Å². The molecule has 0 aliphatic carbocycles. The zero-order valence-corrected chi connectivity index (χ0v) is 18.7. The third-order valence-corrected chi connectivity index (χ3v) is 5.99. The van der Waals surface area contributed by atoms with Crippen LogP contribution in [0.25, 0.3) is 11.3 Å². The second-order valence-corrected chi connectivity index (χ2v) is 8.23. The Balaban J connectivity index is 1.90. The number of aliphatic hydroxyl groups is 1. The predicted octanol–water partition coefficient (Wildman–Crippen LogP) is 4.33. The second-order valence-electron chi connectivity index (χ2n) is 8.23. The number of hydrogen-bond donors (Lipinski definition) is 1.